The minimum absolute atomic E-state index is 0.0787. The maximum Gasteiger partial charge on any atom is 0.313 e. The molecule has 0 spiro atoms. The molecule has 1 rings (SSSR count). The van der Waals surface area contributed by atoms with Crippen LogP contribution in [0.2, 0.25) is 0 Å². The van der Waals surface area contributed by atoms with Gasteiger partial charge in [-0.1, -0.05) is 48.1 Å². The maximum atomic E-state index is 9.82. The number of benzene rings is 1. The van der Waals surface area contributed by atoms with Crippen molar-refractivity contribution in [2.24, 2.45) is 0 Å². The lowest BCUT2D eigenvalue weighted by Gasteiger charge is -1.88. The number of thiocarbonyl (C=S) groups is 1. The lowest BCUT2D eigenvalue weighted by Crippen LogP contribution is -1.98. The Morgan fingerprint density at radius 3 is 2.13 bits per heavy atom. The highest BCUT2D eigenvalue weighted by Gasteiger charge is 1.95. The van der Waals surface area contributed by atoms with E-state index in [1.165, 1.54) is 17.3 Å². The van der Waals surface area contributed by atoms with Crippen molar-refractivity contribution in [3.63, 3.8) is 0 Å². The average Bonchev–Trinajstić information content (AvgIpc) is 2.17. The van der Waals surface area contributed by atoms with Gasteiger partial charge in [0.25, 0.3) is 0 Å². The number of carbonyl (C=O) groups is 1. The summed E-state index contributed by atoms with van der Waals surface area (Å²) in [4.78, 5) is 9.82. The molecule has 82 valence electrons. The van der Waals surface area contributed by atoms with Crippen LogP contribution >= 0.6 is 24.0 Å². The molecule has 0 aromatic heterocycles. The highest BCUT2D eigenvalue weighted by molar-refractivity contribution is 8.23. The summed E-state index contributed by atoms with van der Waals surface area (Å²) in [5.41, 5.74) is 1.32. The lowest BCUT2D eigenvalue weighted by atomic mass is 10.2. The number of hydrogen-bond donors (Lipinski definition) is 1. The van der Waals surface area contributed by atoms with E-state index in [0.29, 0.717) is 4.20 Å². The smallest absolute Gasteiger partial charge is 0.313 e. The van der Waals surface area contributed by atoms with Crippen LogP contribution < -0.4 is 0 Å². The summed E-state index contributed by atoms with van der Waals surface area (Å²) < 4.78 is 0.674. The van der Waals surface area contributed by atoms with Crippen LogP contribution in [0.5, 0.6) is 0 Å². The van der Waals surface area contributed by atoms with Gasteiger partial charge in [-0.05, 0) is 13.8 Å². The van der Waals surface area contributed by atoms with Gasteiger partial charge < -0.3 is 5.11 Å². The van der Waals surface area contributed by atoms with E-state index in [1.807, 2.05) is 18.2 Å². The predicted octanol–water partition coefficient (Wildman–Crippen LogP) is 3.15. The molecular weight excluding hydrogens is 228 g/mol. The predicted molar refractivity (Wildman–Crippen MR) is 69.5 cm³/mol. The Labute approximate surface area is 99.7 Å². The summed E-state index contributed by atoms with van der Waals surface area (Å²) in [6.07, 6.45) is 0. The van der Waals surface area contributed by atoms with Gasteiger partial charge >= 0.3 is 5.97 Å². The molecule has 0 saturated heterocycles. The second kappa shape index (κ2) is 8.44. The first kappa shape index (κ1) is 14.1. The summed E-state index contributed by atoms with van der Waals surface area (Å²) in [5.74, 6) is -0.741. The summed E-state index contributed by atoms with van der Waals surface area (Å²) >= 11 is 5.78. The number of carboxylic acid groups (broad SMARTS) is 1. The zero-order valence-corrected chi connectivity index (χ0v) is 10.4. The third-order valence-corrected chi connectivity index (χ3v) is 2.49. The molecule has 0 aliphatic rings. The van der Waals surface area contributed by atoms with E-state index in [2.05, 4.69) is 31.3 Å². The van der Waals surface area contributed by atoms with Crippen LogP contribution in [0.4, 0.5) is 0 Å². The van der Waals surface area contributed by atoms with Crippen LogP contribution in [-0.2, 0) is 4.79 Å². The fourth-order valence-electron chi connectivity index (χ4n) is 0.698. The van der Waals surface area contributed by atoms with Gasteiger partial charge in [0, 0.05) is 4.20 Å². The Bertz CT molecular complexity index is 296. The van der Waals surface area contributed by atoms with Crippen LogP contribution in [0.15, 0.2) is 30.3 Å². The molecule has 0 aliphatic carbocycles. The van der Waals surface area contributed by atoms with Crippen molar-refractivity contribution in [2.75, 3.05) is 5.75 Å². The molecule has 1 aromatic rings. The molecule has 0 radical (unpaired) electrons. The minimum Gasteiger partial charge on any atom is -0.481 e. The molecule has 1 aromatic carbocycles. The number of thioether (sulfide) groups is 1. The van der Waals surface area contributed by atoms with E-state index < -0.39 is 5.97 Å². The summed E-state index contributed by atoms with van der Waals surface area (Å²) in [7, 11) is 0. The van der Waals surface area contributed by atoms with Crippen molar-refractivity contribution >= 4 is 34.1 Å². The highest BCUT2D eigenvalue weighted by atomic mass is 32.2. The standard InChI is InChI=1S/C7H8.C4H6O2S2/c1-7-5-3-2-4-6-7;1-3(7)8-2-4(5)6/h2-6H,1H3;2H2,1H3,(H,5,6). The largest absolute Gasteiger partial charge is 0.481 e. The van der Waals surface area contributed by atoms with Crippen LogP contribution in [0.3, 0.4) is 0 Å². The molecule has 2 nitrogen and oxygen atoms in total. The summed E-state index contributed by atoms with van der Waals surface area (Å²) in [5, 5.41) is 8.08. The quantitative estimate of drug-likeness (QED) is 0.808. The van der Waals surface area contributed by atoms with Crippen molar-refractivity contribution in [1.82, 2.24) is 0 Å². The Balaban J connectivity index is 0.000000262. The third kappa shape index (κ3) is 11.1. The molecule has 0 unspecified atom stereocenters. The number of carboxylic acids is 1. The Hall–Kier alpha value is -0.870. The maximum absolute atomic E-state index is 9.82. The van der Waals surface area contributed by atoms with Crippen molar-refractivity contribution in [2.45, 2.75) is 13.8 Å². The SMILES string of the molecule is CC(=S)SCC(=O)O.Cc1ccccc1. The Kier molecular flexibility index (Phi) is 7.95. The molecule has 0 fully saturated rings. The highest BCUT2D eigenvalue weighted by Crippen LogP contribution is 2.01. The van der Waals surface area contributed by atoms with Crippen LogP contribution in [0.25, 0.3) is 0 Å². The van der Waals surface area contributed by atoms with E-state index in [9.17, 15) is 4.79 Å². The number of aryl methyl sites for hydroxylation is 1. The number of aliphatic carboxylic acids is 1. The van der Waals surface area contributed by atoms with Crippen molar-refractivity contribution in [3.05, 3.63) is 35.9 Å². The fraction of sp³-hybridized carbons (Fsp3) is 0.273. The zero-order valence-electron chi connectivity index (χ0n) is 8.77. The summed E-state index contributed by atoms with van der Waals surface area (Å²) in [6.45, 7) is 3.79. The topological polar surface area (TPSA) is 37.3 Å². The van der Waals surface area contributed by atoms with E-state index >= 15 is 0 Å². The Morgan fingerprint density at radius 1 is 1.40 bits per heavy atom. The fourth-order valence-corrected chi connectivity index (χ4v) is 1.20. The van der Waals surface area contributed by atoms with Gasteiger partial charge in [-0.3, -0.25) is 4.79 Å². The van der Waals surface area contributed by atoms with Gasteiger partial charge in [0.1, 0.15) is 0 Å². The lowest BCUT2D eigenvalue weighted by molar-refractivity contribution is -0.133. The van der Waals surface area contributed by atoms with Crippen LogP contribution in [0.1, 0.15) is 12.5 Å². The number of rotatable bonds is 2. The van der Waals surface area contributed by atoms with E-state index in [1.54, 1.807) is 6.92 Å². The second-order valence-corrected chi connectivity index (χ2v) is 4.89. The first-order chi connectivity index (χ1) is 7.02. The van der Waals surface area contributed by atoms with E-state index in [4.69, 9.17) is 5.11 Å². The molecule has 1 N–H and O–H groups in total. The van der Waals surface area contributed by atoms with Crippen LogP contribution in [0, 0.1) is 6.92 Å². The van der Waals surface area contributed by atoms with Crippen molar-refractivity contribution < 1.29 is 9.90 Å². The van der Waals surface area contributed by atoms with Crippen molar-refractivity contribution in [3.8, 4) is 0 Å². The van der Waals surface area contributed by atoms with Crippen molar-refractivity contribution in [1.29, 1.82) is 0 Å². The molecule has 4 heteroatoms. The van der Waals surface area contributed by atoms with Gasteiger partial charge in [0.2, 0.25) is 0 Å². The normalized spacial score (nSPS) is 8.67. The second-order valence-electron chi connectivity index (χ2n) is 2.83. The van der Waals surface area contributed by atoms with Gasteiger partial charge in [0.15, 0.2) is 0 Å². The molecule has 0 heterocycles. The molecule has 0 aliphatic heterocycles. The molecule has 0 atom stereocenters. The van der Waals surface area contributed by atoms with Gasteiger partial charge in [-0.15, -0.1) is 11.8 Å². The molecule has 0 saturated carbocycles. The molecular formula is C11H14O2S2. The monoisotopic (exact) mass is 242 g/mol. The van der Waals surface area contributed by atoms with Gasteiger partial charge in [-0.25, -0.2) is 0 Å². The average molecular weight is 242 g/mol. The van der Waals surface area contributed by atoms with Gasteiger partial charge in [-0.2, -0.15) is 0 Å². The third-order valence-electron chi connectivity index (χ3n) is 1.34. The van der Waals surface area contributed by atoms with E-state index in [-0.39, 0.29) is 5.75 Å². The first-order valence-electron chi connectivity index (χ1n) is 4.39. The molecule has 0 bridgehead atoms. The molecule has 0 amide bonds. The zero-order chi connectivity index (χ0) is 11.7. The minimum atomic E-state index is -0.820. The van der Waals surface area contributed by atoms with E-state index in [0.717, 1.165) is 0 Å². The number of hydrogen-bond acceptors (Lipinski definition) is 3. The molecule has 15 heavy (non-hydrogen) atoms. The Morgan fingerprint density at radius 2 is 1.93 bits per heavy atom. The first-order valence-corrected chi connectivity index (χ1v) is 5.78. The van der Waals surface area contributed by atoms with Gasteiger partial charge in [0.05, 0.1) is 5.75 Å². The van der Waals surface area contributed by atoms with Crippen LogP contribution in [-0.4, -0.2) is 21.0 Å². The summed E-state index contributed by atoms with van der Waals surface area (Å²) in [6, 6.07) is 10.3.